The molecule has 1 heterocycles. The van der Waals surface area contributed by atoms with Crippen LogP contribution in [0.1, 0.15) is 17.0 Å². The van der Waals surface area contributed by atoms with Crippen molar-refractivity contribution >= 4 is 11.6 Å². The van der Waals surface area contributed by atoms with Gasteiger partial charge in [0, 0.05) is 5.69 Å². The van der Waals surface area contributed by atoms with Gasteiger partial charge in [0.2, 0.25) is 5.91 Å². The van der Waals surface area contributed by atoms with Crippen LogP contribution in [0.4, 0.5) is 14.5 Å². The Hall–Kier alpha value is -2.23. The van der Waals surface area contributed by atoms with Crippen molar-refractivity contribution in [3.63, 3.8) is 0 Å². The van der Waals surface area contributed by atoms with Gasteiger partial charge in [-0.25, -0.2) is 8.78 Å². The van der Waals surface area contributed by atoms with Gasteiger partial charge in [0.25, 0.3) is 0 Å². The zero-order chi connectivity index (χ0) is 13.4. The lowest BCUT2D eigenvalue weighted by atomic mass is 9.93. The molecular formula is C15H11F2NO. The Labute approximate surface area is 109 Å². The van der Waals surface area contributed by atoms with Crippen LogP contribution in [0.25, 0.3) is 0 Å². The molecule has 0 aromatic heterocycles. The monoisotopic (exact) mass is 259 g/mol. The standard InChI is InChI=1S/C15H11F2NO/c16-12-6-3-4-9(14(12)17)8-11-10-5-1-2-7-13(10)18-15(11)19/h1-7,11H,8H2,(H,18,19). The quantitative estimate of drug-likeness (QED) is 0.881. The lowest BCUT2D eigenvalue weighted by Gasteiger charge is -2.09. The first-order chi connectivity index (χ1) is 9.16. The van der Waals surface area contributed by atoms with E-state index in [2.05, 4.69) is 5.32 Å². The van der Waals surface area contributed by atoms with Crippen LogP contribution < -0.4 is 5.32 Å². The van der Waals surface area contributed by atoms with Crippen LogP contribution in [0.2, 0.25) is 0 Å². The molecule has 0 aliphatic carbocycles. The average Bonchev–Trinajstić information content (AvgIpc) is 2.72. The van der Waals surface area contributed by atoms with E-state index < -0.39 is 17.6 Å². The molecule has 0 saturated carbocycles. The van der Waals surface area contributed by atoms with E-state index in [1.807, 2.05) is 18.2 Å². The molecule has 1 aliphatic heterocycles. The molecule has 2 aromatic carbocycles. The Morgan fingerprint density at radius 2 is 1.84 bits per heavy atom. The SMILES string of the molecule is O=C1Nc2ccccc2C1Cc1cccc(F)c1F. The average molecular weight is 259 g/mol. The van der Waals surface area contributed by atoms with E-state index in [0.29, 0.717) is 0 Å². The summed E-state index contributed by atoms with van der Waals surface area (Å²) in [5, 5.41) is 2.75. The van der Waals surface area contributed by atoms with Crippen molar-refractivity contribution in [1.29, 1.82) is 0 Å². The first kappa shape index (κ1) is 11.8. The largest absolute Gasteiger partial charge is 0.325 e. The molecule has 0 fully saturated rings. The number of para-hydroxylation sites is 1. The number of halogens is 2. The highest BCUT2D eigenvalue weighted by molar-refractivity contribution is 6.03. The van der Waals surface area contributed by atoms with Gasteiger partial charge >= 0.3 is 0 Å². The zero-order valence-electron chi connectivity index (χ0n) is 9.99. The highest BCUT2D eigenvalue weighted by Crippen LogP contribution is 2.34. The number of rotatable bonds is 2. The number of nitrogens with one attached hydrogen (secondary N) is 1. The number of amides is 1. The fourth-order valence-corrected chi connectivity index (χ4v) is 2.40. The summed E-state index contributed by atoms with van der Waals surface area (Å²) in [6.45, 7) is 0. The molecule has 2 aromatic rings. The van der Waals surface area contributed by atoms with Crippen LogP contribution in [0, 0.1) is 11.6 Å². The van der Waals surface area contributed by atoms with Crippen molar-refractivity contribution < 1.29 is 13.6 Å². The molecule has 1 N–H and O–H groups in total. The van der Waals surface area contributed by atoms with Crippen LogP contribution in [-0.2, 0) is 11.2 Å². The van der Waals surface area contributed by atoms with Crippen molar-refractivity contribution in [3.05, 3.63) is 65.2 Å². The number of carbonyl (C=O) groups excluding carboxylic acids is 1. The molecule has 1 atom stereocenters. The van der Waals surface area contributed by atoms with E-state index in [0.717, 1.165) is 17.3 Å². The van der Waals surface area contributed by atoms with E-state index in [1.165, 1.54) is 12.1 Å². The number of hydrogen-bond acceptors (Lipinski definition) is 1. The van der Waals surface area contributed by atoms with Gasteiger partial charge in [-0.2, -0.15) is 0 Å². The first-order valence-electron chi connectivity index (χ1n) is 5.99. The van der Waals surface area contributed by atoms with Gasteiger partial charge < -0.3 is 5.32 Å². The third-order valence-corrected chi connectivity index (χ3v) is 3.37. The smallest absolute Gasteiger partial charge is 0.232 e. The topological polar surface area (TPSA) is 29.1 Å². The van der Waals surface area contributed by atoms with Crippen molar-refractivity contribution in [3.8, 4) is 0 Å². The fourth-order valence-electron chi connectivity index (χ4n) is 2.40. The molecule has 1 unspecified atom stereocenters. The number of fused-ring (bicyclic) bond motifs is 1. The predicted octanol–water partition coefficient (Wildman–Crippen LogP) is 3.24. The summed E-state index contributed by atoms with van der Waals surface area (Å²) in [5.74, 6) is -2.40. The number of anilines is 1. The molecule has 0 bridgehead atoms. The van der Waals surface area contributed by atoms with Crippen LogP contribution in [0.5, 0.6) is 0 Å². The number of carbonyl (C=O) groups is 1. The summed E-state index contributed by atoms with van der Waals surface area (Å²) >= 11 is 0. The van der Waals surface area contributed by atoms with Crippen molar-refractivity contribution in [2.24, 2.45) is 0 Å². The van der Waals surface area contributed by atoms with Gasteiger partial charge in [0.05, 0.1) is 5.92 Å². The molecule has 96 valence electrons. The van der Waals surface area contributed by atoms with Crippen molar-refractivity contribution in [2.45, 2.75) is 12.3 Å². The fraction of sp³-hybridized carbons (Fsp3) is 0.133. The summed E-state index contributed by atoms with van der Waals surface area (Å²) < 4.78 is 26.8. The van der Waals surface area contributed by atoms with Gasteiger partial charge in [-0.1, -0.05) is 30.3 Å². The van der Waals surface area contributed by atoms with Gasteiger partial charge in [0.15, 0.2) is 11.6 Å². The summed E-state index contributed by atoms with van der Waals surface area (Å²) in [7, 11) is 0. The summed E-state index contributed by atoms with van der Waals surface area (Å²) in [5.41, 5.74) is 1.79. The van der Waals surface area contributed by atoms with Gasteiger partial charge in [-0.15, -0.1) is 0 Å². The summed E-state index contributed by atoms with van der Waals surface area (Å²) in [4.78, 5) is 11.9. The van der Waals surface area contributed by atoms with Crippen LogP contribution in [-0.4, -0.2) is 5.91 Å². The highest BCUT2D eigenvalue weighted by atomic mass is 19.2. The molecule has 3 rings (SSSR count). The van der Waals surface area contributed by atoms with Crippen molar-refractivity contribution in [1.82, 2.24) is 0 Å². The van der Waals surface area contributed by atoms with Crippen LogP contribution >= 0.6 is 0 Å². The third-order valence-electron chi connectivity index (χ3n) is 3.37. The molecule has 1 aliphatic rings. The molecule has 2 nitrogen and oxygen atoms in total. The molecule has 19 heavy (non-hydrogen) atoms. The molecule has 0 saturated heterocycles. The lowest BCUT2D eigenvalue weighted by molar-refractivity contribution is -0.117. The summed E-state index contributed by atoms with van der Waals surface area (Å²) in [6.07, 6.45) is 0.159. The molecule has 1 amide bonds. The Bertz CT molecular complexity index is 654. The van der Waals surface area contributed by atoms with E-state index in [-0.39, 0.29) is 17.9 Å². The minimum Gasteiger partial charge on any atom is -0.325 e. The second-order valence-corrected chi connectivity index (χ2v) is 4.55. The Balaban J connectivity index is 1.96. The van der Waals surface area contributed by atoms with Crippen LogP contribution in [0.3, 0.4) is 0 Å². The van der Waals surface area contributed by atoms with Gasteiger partial charge in [-0.3, -0.25) is 4.79 Å². The van der Waals surface area contributed by atoms with E-state index >= 15 is 0 Å². The summed E-state index contributed by atoms with van der Waals surface area (Å²) in [6, 6.07) is 11.3. The minimum absolute atomic E-state index is 0.159. The Kier molecular flexibility index (Phi) is 2.78. The van der Waals surface area contributed by atoms with Crippen molar-refractivity contribution in [2.75, 3.05) is 5.32 Å². The maximum Gasteiger partial charge on any atom is 0.232 e. The number of benzene rings is 2. The van der Waals surface area contributed by atoms with E-state index in [4.69, 9.17) is 0 Å². The Morgan fingerprint density at radius 1 is 1.05 bits per heavy atom. The minimum atomic E-state index is -0.885. The normalized spacial score (nSPS) is 17.2. The lowest BCUT2D eigenvalue weighted by Crippen LogP contribution is -2.15. The Morgan fingerprint density at radius 3 is 2.68 bits per heavy atom. The molecule has 0 spiro atoms. The first-order valence-corrected chi connectivity index (χ1v) is 5.99. The molecular weight excluding hydrogens is 248 g/mol. The van der Waals surface area contributed by atoms with E-state index in [1.54, 1.807) is 6.07 Å². The predicted molar refractivity (Wildman–Crippen MR) is 67.9 cm³/mol. The second-order valence-electron chi connectivity index (χ2n) is 4.55. The van der Waals surface area contributed by atoms with Gasteiger partial charge in [-0.05, 0) is 29.7 Å². The highest BCUT2D eigenvalue weighted by Gasteiger charge is 2.31. The molecule has 4 heteroatoms. The second kappa shape index (κ2) is 4.46. The zero-order valence-corrected chi connectivity index (χ0v) is 9.99. The molecule has 0 radical (unpaired) electrons. The maximum absolute atomic E-state index is 13.7. The number of hydrogen-bond donors (Lipinski definition) is 1. The van der Waals surface area contributed by atoms with E-state index in [9.17, 15) is 13.6 Å². The van der Waals surface area contributed by atoms with Gasteiger partial charge in [0.1, 0.15) is 0 Å². The maximum atomic E-state index is 13.7. The third kappa shape index (κ3) is 1.99. The van der Waals surface area contributed by atoms with Crippen LogP contribution in [0.15, 0.2) is 42.5 Å².